The van der Waals surface area contributed by atoms with Crippen molar-refractivity contribution in [3.63, 3.8) is 0 Å². The van der Waals surface area contributed by atoms with Crippen molar-refractivity contribution in [3.05, 3.63) is 95.0 Å². The van der Waals surface area contributed by atoms with Crippen LogP contribution in [0, 0.1) is 0 Å². The van der Waals surface area contributed by atoms with E-state index in [0.29, 0.717) is 22.9 Å². The van der Waals surface area contributed by atoms with Crippen LogP contribution < -0.4 is 14.8 Å². The summed E-state index contributed by atoms with van der Waals surface area (Å²) >= 11 is 6.22. The molecule has 190 valence electrons. The summed E-state index contributed by atoms with van der Waals surface area (Å²) in [6.07, 6.45) is 1.16. The zero-order chi connectivity index (χ0) is 25.9. The molecule has 3 aromatic rings. The third-order valence-corrected chi connectivity index (χ3v) is 6.17. The molecule has 2 atom stereocenters. The van der Waals surface area contributed by atoms with Crippen molar-refractivity contribution in [1.29, 1.82) is 0 Å². The Labute approximate surface area is 218 Å². The van der Waals surface area contributed by atoms with Gasteiger partial charge in [-0.15, -0.1) is 0 Å². The number of amides is 2. The van der Waals surface area contributed by atoms with Crippen LogP contribution in [0.1, 0.15) is 31.4 Å². The van der Waals surface area contributed by atoms with Gasteiger partial charge in [-0.3, -0.25) is 9.59 Å². The second-order valence-corrected chi connectivity index (χ2v) is 9.08. The smallest absolute Gasteiger partial charge is 0.261 e. The molecular weight excluding hydrogens is 476 g/mol. The van der Waals surface area contributed by atoms with E-state index in [1.807, 2.05) is 56.3 Å². The molecule has 3 aromatic carbocycles. The molecule has 0 saturated heterocycles. The van der Waals surface area contributed by atoms with Crippen molar-refractivity contribution in [2.45, 2.75) is 45.3 Å². The first-order valence-electron chi connectivity index (χ1n) is 12.0. The van der Waals surface area contributed by atoms with Crippen molar-refractivity contribution in [2.24, 2.45) is 0 Å². The number of benzene rings is 3. The Hall–Kier alpha value is -3.51. The molecule has 0 heterocycles. The number of ether oxygens (including phenoxy) is 2. The standard InChI is InChI=1S/C29H33ClN2O4/c1-4-21(2)31-29(34)27(18-22-9-6-5-7-10-22)32(19-23-11-8-12-24(30)17-23)28(33)20-36-26-15-13-25(35-3)14-16-26/h5-17,21,27H,4,18-20H2,1-3H3,(H,31,34)/t21-,27-/m0/s1. The van der Waals surface area contributed by atoms with Crippen molar-refractivity contribution in [3.8, 4) is 11.5 Å². The van der Waals surface area contributed by atoms with E-state index in [1.165, 1.54) is 0 Å². The average molecular weight is 509 g/mol. The number of carbonyl (C=O) groups excluding carboxylic acids is 2. The topological polar surface area (TPSA) is 67.9 Å². The van der Waals surface area contributed by atoms with E-state index in [4.69, 9.17) is 21.1 Å². The van der Waals surface area contributed by atoms with Gasteiger partial charge in [-0.1, -0.05) is 61.0 Å². The van der Waals surface area contributed by atoms with Crippen LogP contribution in [0.3, 0.4) is 0 Å². The molecule has 3 rings (SSSR count). The van der Waals surface area contributed by atoms with E-state index < -0.39 is 6.04 Å². The van der Waals surface area contributed by atoms with Crippen LogP contribution in [-0.2, 0) is 22.6 Å². The molecule has 0 aliphatic carbocycles. The highest BCUT2D eigenvalue weighted by atomic mass is 35.5. The normalized spacial score (nSPS) is 12.3. The molecule has 0 fully saturated rings. The largest absolute Gasteiger partial charge is 0.497 e. The number of nitrogens with one attached hydrogen (secondary N) is 1. The van der Waals surface area contributed by atoms with Gasteiger partial charge in [-0.2, -0.15) is 0 Å². The van der Waals surface area contributed by atoms with Crippen molar-refractivity contribution in [1.82, 2.24) is 10.2 Å². The minimum atomic E-state index is -0.729. The van der Waals surface area contributed by atoms with Crippen LogP contribution in [0.5, 0.6) is 11.5 Å². The predicted octanol–water partition coefficient (Wildman–Crippen LogP) is 5.28. The Morgan fingerprint density at radius 1 is 0.944 bits per heavy atom. The minimum absolute atomic E-state index is 0.0190. The van der Waals surface area contributed by atoms with E-state index in [9.17, 15) is 9.59 Å². The molecule has 0 aliphatic heterocycles. The lowest BCUT2D eigenvalue weighted by atomic mass is 10.0. The maximum atomic E-state index is 13.6. The summed E-state index contributed by atoms with van der Waals surface area (Å²) in [6.45, 7) is 3.97. The summed E-state index contributed by atoms with van der Waals surface area (Å²) in [6, 6.07) is 23.3. The summed E-state index contributed by atoms with van der Waals surface area (Å²) in [5.74, 6) is 0.732. The van der Waals surface area contributed by atoms with E-state index in [1.54, 1.807) is 48.4 Å². The van der Waals surface area contributed by atoms with Gasteiger partial charge in [0.1, 0.15) is 17.5 Å². The second-order valence-electron chi connectivity index (χ2n) is 8.64. The maximum absolute atomic E-state index is 13.6. The molecule has 7 heteroatoms. The van der Waals surface area contributed by atoms with Crippen LogP contribution in [0.4, 0.5) is 0 Å². The second kappa shape index (κ2) is 13.5. The van der Waals surface area contributed by atoms with Crippen LogP contribution >= 0.6 is 11.6 Å². The summed E-state index contributed by atoms with van der Waals surface area (Å²) < 4.78 is 11.0. The van der Waals surface area contributed by atoms with Crippen molar-refractivity contribution >= 4 is 23.4 Å². The van der Waals surface area contributed by atoms with Gasteiger partial charge >= 0.3 is 0 Å². The maximum Gasteiger partial charge on any atom is 0.261 e. The molecule has 6 nitrogen and oxygen atoms in total. The van der Waals surface area contributed by atoms with Gasteiger partial charge in [0.25, 0.3) is 5.91 Å². The number of rotatable bonds is 12. The van der Waals surface area contributed by atoms with E-state index in [2.05, 4.69) is 5.32 Å². The molecule has 0 radical (unpaired) electrons. The average Bonchev–Trinajstić information content (AvgIpc) is 2.90. The third-order valence-electron chi connectivity index (χ3n) is 5.94. The number of hydrogen-bond donors (Lipinski definition) is 1. The van der Waals surface area contributed by atoms with Crippen LogP contribution in [-0.4, -0.2) is 42.5 Å². The lowest BCUT2D eigenvalue weighted by molar-refractivity contribution is -0.143. The van der Waals surface area contributed by atoms with Gasteiger partial charge in [-0.25, -0.2) is 0 Å². The molecule has 0 unspecified atom stereocenters. The fourth-order valence-electron chi connectivity index (χ4n) is 3.73. The first kappa shape index (κ1) is 27.1. The van der Waals surface area contributed by atoms with E-state index in [0.717, 1.165) is 17.5 Å². The van der Waals surface area contributed by atoms with Crippen molar-refractivity contribution in [2.75, 3.05) is 13.7 Å². The molecule has 0 spiro atoms. The van der Waals surface area contributed by atoms with Gasteiger partial charge in [0.15, 0.2) is 6.61 Å². The van der Waals surface area contributed by atoms with E-state index in [-0.39, 0.29) is 31.0 Å². The van der Waals surface area contributed by atoms with Gasteiger partial charge < -0.3 is 19.7 Å². The van der Waals surface area contributed by atoms with Gasteiger partial charge in [0.2, 0.25) is 5.91 Å². The molecule has 0 saturated carbocycles. The van der Waals surface area contributed by atoms with Crippen LogP contribution in [0.2, 0.25) is 5.02 Å². The number of nitrogens with zero attached hydrogens (tertiary/aromatic N) is 1. The highest BCUT2D eigenvalue weighted by Crippen LogP contribution is 2.20. The predicted molar refractivity (Wildman–Crippen MR) is 142 cm³/mol. The molecule has 0 aliphatic rings. The lowest BCUT2D eigenvalue weighted by Gasteiger charge is -2.32. The molecule has 1 N–H and O–H groups in total. The first-order valence-corrected chi connectivity index (χ1v) is 12.4. The fraction of sp³-hybridized carbons (Fsp3) is 0.310. The molecule has 36 heavy (non-hydrogen) atoms. The lowest BCUT2D eigenvalue weighted by Crippen LogP contribution is -2.53. The Morgan fingerprint density at radius 3 is 2.25 bits per heavy atom. The molecular formula is C29H33ClN2O4. The van der Waals surface area contributed by atoms with E-state index >= 15 is 0 Å². The summed E-state index contributed by atoms with van der Waals surface area (Å²) in [7, 11) is 1.59. The Kier molecular flexibility index (Phi) is 10.2. The minimum Gasteiger partial charge on any atom is -0.497 e. The summed E-state index contributed by atoms with van der Waals surface area (Å²) in [4.78, 5) is 28.6. The number of methoxy groups -OCH3 is 1. The highest BCUT2D eigenvalue weighted by molar-refractivity contribution is 6.30. The Bertz CT molecular complexity index is 1120. The Balaban J connectivity index is 1.89. The zero-order valence-corrected chi connectivity index (χ0v) is 21.7. The van der Waals surface area contributed by atoms with Crippen LogP contribution in [0.25, 0.3) is 0 Å². The van der Waals surface area contributed by atoms with Gasteiger partial charge in [-0.05, 0) is 60.9 Å². The quantitative estimate of drug-likeness (QED) is 0.361. The van der Waals surface area contributed by atoms with Crippen molar-refractivity contribution < 1.29 is 19.1 Å². The zero-order valence-electron chi connectivity index (χ0n) is 20.9. The van der Waals surface area contributed by atoms with Crippen LogP contribution in [0.15, 0.2) is 78.9 Å². The number of hydrogen-bond acceptors (Lipinski definition) is 4. The fourth-order valence-corrected chi connectivity index (χ4v) is 3.94. The monoisotopic (exact) mass is 508 g/mol. The first-order chi connectivity index (χ1) is 17.4. The molecule has 0 bridgehead atoms. The summed E-state index contributed by atoms with van der Waals surface area (Å²) in [5, 5.41) is 3.62. The van der Waals surface area contributed by atoms with Gasteiger partial charge in [0, 0.05) is 24.0 Å². The third kappa shape index (κ3) is 8.02. The Morgan fingerprint density at radius 2 is 1.61 bits per heavy atom. The molecule has 0 aromatic heterocycles. The van der Waals surface area contributed by atoms with Gasteiger partial charge in [0.05, 0.1) is 7.11 Å². The number of halogens is 1. The summed E-state index contributed by atoms with van der Waals surface area (Å²) in [5.41, 5.74) is 1.79. The number of carbonyl (C=O) groups is 2. The molecule has 2 amide bonds. The SMILES string of the molecule is CC[C@H](C)NC(=O)[C@H](Cc1ccccc1)N(Cc1cccc(Cl)c1)C(=O)COc1ccc(OC)cc1. The highest BCUT2D eigenvalue weighted by Gasteiger charge is 2.31.